The van der Waals surface area contributed by atoms with Gasteiger partial charge in [-0.1, -0.05) is 0 Å². The zero-order valence-corrected chi connectivity index (χ0v) is 21.6. The van der Waals surface area contributed by atoms with Gasteiger partial charge in [-0.05, 0) is 70.3 Å². The van der Waals surface area contributed by atoms with Crippen molar-refractivity contribution in [2.75, 3.05) is 35.2 Å². The largest absolute Gasteiger partial charge is 0.419 e. The van der Waals surface area contributed by atoms with Crippen molar-refractivity contribution in [3.8, 4) is 0 Å². The van der Waals surface area contributed by atoms with Gasteiger partial charge in [0, 0.05) is 24.8 Å². The molecule has 0 aliphatic carbocycles. The average molecular weight is 548 g/mol. The molecule has 3 amide bonds. The number of hydrogen-bond acceptors (Lipinski definition) is 6. The molecule has 4 heterocycles. The molecule has 5 rings (SSSR count). The van der Waals surface area contributed by atoms with E-state index in [0.717, 1.165) is 56.2 Å². The maximum Gasteiger partial charge on any atom is 0.419 e. The summed E-state index contributed by atoms with van der Waals surface area (Å²) in [5, 5.41) is 10.7. The van der Waals surface area contributed by atoms with Crippen molar-refractivity contribution in [3.05, 3.63) is 41.5 Å². The molecule has 2 N–H and O–H groups in total. The van der Waals surface area contributed by atoms with Gasteiger partial charge in [-0.15, -0.1) is 0 Å². The van der Waals surface area contributed by atoms with Crippen LogP contribution in [-0.2, 0) is 18.0 Å². The SMILES string of the molecule is Cc1nn(C)c2ncc(N(C=O)C(=O)Nc3ccc(F)c(C(F)(F)F)c3)c(NCCC34CCCN3CCC4)c12. The Kier molecular flexibility index (Phi) is 6.95. The minimum atomic E-state index is -4.95. The predicted molar refractivity (Wildman–Crippen MR) is 138 cm³/mol. The number of rotatable bonds is 7. The zero-order valence-electron chi connectivity index (χ0n) is 21.6. The molecule has 0 spiro atoms. The monoisotopic (exact) mass is 547 g/mol. The van der Waals surface area contributed by atoms with Gasteiger partial charge < -0.3 is 10.6 Å². The van der Waals surface area contributed by atoms with Crippen molar-refractivity contribution in [2.24, 2.45) is 7.05 Å². The van der Waals surface area contributed by atoms with Crippen molar-refractivity contribution in [1.29, 1.82) is 0 Å². The number of aromatic nitrogens is 3. The quantitative estimate of drug-likeness (QED) is 0.317. The number of urea groups is 1. The van der Waals surface area contributed by atoms with Crippen LogP contribution in [0.2, 0.25) is 0 Å². The van der Waals surface area contributed by atoms with E-state index in [4.69, 9.17) is 0 Å². The Morgan fingerprint density at radius 1 is 1.23 bits per heavy atom. The van der Waals surface area contributed by atoms with Crippen molar-refractivity contribution in [1.82, 2.24) is 19.7 Å². The van der Waals surface area contributed by atoms with Crippen LogP contribution in [0.4, 0.5) is 39.4 Å². The van der Waals surface area contributed by atoms with Gasteiger partial charge in [0.1, 0.15) is 5.82 Å². The van der Waals surface area contributed by atoms with E-state index in [1.54, 1.807) is 18.7 Å². The Hall–Kier alpha value is -3.74. The first-order chi connectivity index (χ1) is 18.5. The topological polar surface area (TPSA) is 95.4 Å². The molecule has 2 fully saturated rings. The molecule has 2 saturated heterocycles. The number of amides is 3. The van der Waals surface area contributed by atoms with Crippen LogP contribution in [0.5, 0.6) is 0 Å². The molecule has 2 aliphatic heterocycles. The Labute approximate surface area is 222 Å². The van der Waals surface area contributed by atoms with Crippen LogP contribution in [0.1, 0.15) is 43.4 Å². The summed E-state index contributed by atoms with van der Waals surface area (Å²) in [6.45, 7) is 4.53. The summed E-state index contributed by atoms with van der Waals surface area (Å²) >= 11 is 0. The fraction of sp³-hybridized carbons (Fsp3) is 0.462. The lowest BCUT2D eigenvalue weighted by Gasteiger charge is -2.32. The number of aryl methyl sites for hydroxylation is 2. The third-order valence-electron chi connectivity index (χ3n) is 7.82. The van der Waals surface area contributed by atoms with E-state index in [0.29, 0.717) is 41.1 Å². The van der Waals surface area contributed by atoms with Gasteiger partial charge in [-0.2, -0.15) is 18.3 Å². The summed E-state index contributed by atoms with van der Waals surface area (Å²) < 4.78 is 54.8. The zero-order chi connectivity index (χ0) is 27.9. The number of pyridine rings is 1. The van der Waals surface area contributed by atoms with Gasteiger partial charge >= 0.3 is 12.2 Å². The molecule has 0 saturated carbocycles. The molecule has 13 heteroatoms. The van der Waals surface area contributed by atoms with Gasteiger partial charge in [0.2, 0.25) is 6.41 Å². The first-order valence-corrected chi connectivity index (χ1v) is 12.8. The van der Waals surface area contributed by atoms with Gasteiger partial charge in [-0.3, -0.25) is 14.4 Å². The molecule has 9 nitrogen and oxygen atoms in total. The number of hydrogen-bond donors (Lipinski definition) is 2. The summed E-state index contributed by atoms with van der Waals surface area (Å²) in [5.74, 6) is -1.47. The fourth-order valence-electron chi connectivity index (χ4n) is 6.03. The molecule has 3 aromatic rings. The normalized spacial score (nSPS) is 16.9. The van der Waals surface area contributed by atoms with Crippen molar-refractivity contribution in [3.63, 3.8) is 0 Å². The molecule has 0 atom stereocenters. The number of nitrogens with one attached hydrogen (secondary N) is 2. The average Bonchev–Trinajstić information content (AvgIpc) is 3.53. The number of carbonyl (C=O) groups is 2. The third kappa shape index (κ3) is 4.90. The number of imide groups is 1. The van der Waals surface area contributed by atoms with E-state index in [9.17, 15) is 27.2 Å². The van der Waals surface area contributed by atoms with E-state index in [2.05, 4.69) is 25.6 Å². The summed E-state index contributed by atoms with van der Waals surface area (Å²) in [5.41, 5.74) is 0.0673. The van der Waals surface area contributed by atoms with Crippen LogP contribution >= 0.6 is 0 Å². The first-order valence-electron chi connectivity index (χ1n) is 12.8. The van der Waals surface area contributed by atoms with Gasteiger partial charge in [-0.25, -0.2) is 19.1 Å². The van der Waals surface area contributed by atoms with Gasteiger partial charge in [0.25, 0.3) is 0 Å². The molecule has 208 valence electrons. The van der Waals surface area contributed by atoms with Crippen LogP contribution in [0.3, 0.4) is 0 Å². The van der Waals surface area contributed by atoms with Gasteiger partial charge in [0.05, 0.1) is 34.2 Å². The van der Waals surface area contributed by atoms with Crippen LogP contribution in [0.25, 0.3) is 11.0 Å². The second-order valence-electron chi connectivity index (χ2n) is 10.1. The summed E-state index contributed by atoms with van der Waals surface area (Å²) in [7, 11) is 1.73. The Balaban J connectivity index is 1.45. The lowest BCUT2D eigenvalue weighted by Crippen LogP contribution is -2.39. The molecule has 39 heavy (non-hydrogen) atoms. The highest BCUT2D eigenvalue weighted by Crippen LogP contribution is 2.42. The Bertz CT molecular complexity index is 1410. The van der Waals surface area contributed by atoms with E-state index in [1.807, 2.05) is 0 Å². The standard InChI is InChI=1S/C26H29F4N7O2/c1-16-21-22(31-10-9-25-7-3-11-36(25)12-4-8-25)20(14-32-23(21)35(2)34-16)37(15-38)24(39)33-17-5-6-19(27)18(13-17)26(28,29)30/h5-6,13-15H,3-4,7-12H2,1-2H3,(H,31,32)(H,33,39). The Morgan fingerprint density at radius 3 is 2.62 bits per heavy atom. The van der Waals surface area contributed by atoms with E-state index < -0.39 is 23.6 Å². The van der Waals surface area contributed by atoms with Crippen LogP contribution < -0.4 is 15.5 Å². The summed E-state index contributed by atoms with van der Waals surface area (Å²) in [4.78, 5) is 33.0. The molecular formula is C26H29F4N7O2. The summed E-state index contributed by atoms with van der Waals surface area (Å²) in [6.07, 6.45) is 2.10. The number of benzene rings is 1. The highest BCUT2D eigenvalue weighted by molar-refractivity contribution is 6.16. The van der Waals surface area contributed by atoms with E-state index >= 15 is 0 Å². The molecule has 0 radical (unpaired) electrons. The van der Waals surface area contributed by atoms with E-state index in [1.165, 1.54) is 6.20 Å². The van der Waals surface area contributed by atoms with Crippen molar-refractivity contribution in [2.45, 2.75) is 50.7 Å². The lowest BCUT2D eigenvalue weighted by molar-refractivity contribution is -0.139. The number of halogens is 4. The number of carbonyl (C=O) groups excluding carboxylic acids is 2. The van der Waals surface area contributed by atoms with Crippen LogP contribution in [0, 0.1) is 12.7 Å². The molecule has 1 aromatic carbocycles. The molecule has 2 aliphatic rings. The van der Waals surface area contributed by atoms with Gasteiger partial charge in [0.15, 0.2) is 5.65 Å². The molecule has 0 unspecified atom stereocenters. The maximum atomic E-state index is 13.7. The molecule has 0 bridgehead atoms. The third-order valence-corrected chi connectivity index (χ3v) is 7.82. The molecule has 2 aromatic heterocycles. The van der Waals surface area contributed by atoms with Crippen molar-refractivity contribution >= 4 is 40.5 Å². The smallest absolute Gasteiger partial charge is 0.383 e. The second-order valence-corrected chi connectivity index (χ2v) is 10.1. The summed E-state index contributed by atoms with van der Waals surface area (Å²) in [6, 6.07) is 1.06. The fourth-order valence-corrected chi connectivity index (χ4v) is 6.03. The highest BCUT2D eigenvalue weighted by atomic mass is 19.4. The van der Waals surface area contributed by atoms with Crippen molar-refractivity contribution < 1.29 is 27.2 Å². The van der Waals surface area contributed by atoms with E-state index in [-0.39, 0.29) is 23.3 Å². The highest BCUT2D eigenvalue weighted by Gasteiger charge is 2.43. The van der Waals surface area contributed by atoms with Crippen LogP contribution in [0.15, 0.2) is 24.4 Å². The second kappa shape index (κ2) is 10.1. The number of alkyl halides is 3. The number of nitrogens with zero attached hydrogens (tertiary/aromatic N) is 5. The number of fused-ring (bicyclic) bond motifs is 2. The minimum Gasteiger partial charge on any atom is -0.383 e. The molecular weight excluding hydrogens is 518 g/mol. The number of anilines is 3. The maximum absolute atomic E-state index is 13.7. The van der Waals surface area contributed by atoms with Crippen LogP contribution in [-0.4, -0.2) is 57.3 Å². The lowest BCUT2D eigenvalue weighted by atomic mass is 9.90. The Morgan fingerprint density at radius 2 is 1.95 bits per heavy atom. The predicted octanol–water partition coefficient (Wildman–Crippen LogP) is 5.06. The first kappa shape index (κ1) is 26.9. The minimum absolute atomic E-state index is 0.122.